The van der Waals surface area contributed by atoms with E-state index in [4.69, 9.17) is 5.73 Å². The van der Waals surface area contributed by atoms with Crippen LogP contribution in [-0.4, -0.2) is 29.0 Å². The maximum Gasteiger partial charge on any atom is 0.314 e. The van der Waals surface area contributed by atoms with E-state index in [2.05, 4.69) is 4.98 Å². The van der Waals surface area contributed by atoms with Crippen molar-refractivity contribution in [3.63, 3.8) is 0 Å². The number of primary amides is 1. The van der Waals surface area contributed by atoms with Crippen molar-refractivity contribution in [2.45, 2.75) is 12.3 Å². The number of halogens is 1. The number of likely N-dealkylation sites (tertiary alicyclic amines) is 1. The average molecular weight is 209 g/mol. The molecule has 0 saturated carbocycles. The smallest absolute Gasteiger partial charge is 0.314 e. The molecule has 1 aromatic heterocycles. The molecule has 2 heterocycles. The van der Waals surface area contributed by atoms with E-state index in [1.165, 1.54) is 12.3 Å². The zero-order valence-electron chi connectivity index (χ0n) is 8.19. The summed E-state index contributed by atoms with van der Waals surface area (Å²) in [5.41, 5.74) is 5.99. The molecule has 1 fully saturated rings. The van der Waals surface area contributed by atoms with Gasteiger partial charge in [0.2, 0.25) is 0 Å². The summed E-state index contributed by atoms with van der Waals surface area (Å²) < 4.78 is 12.6. The minimum atomic E-state index is -0.403. The van der Waals surface area contributed by atoms with Crippen molar-refractivity contribution in [2.75, 3.05) is 13.1 Å². The van der Waals surface area contributed by atoms with Gasteiger partial charge in [-0.25, -0.2) is 9.18 Å². The Bertz CT molecular complexity index is 365. The van der Waals surface area contributed by atoms with E-state index < -0.39 is 6.03 Å². The number of urea groups is 1. The lowest BCUT2D eigenvalue weighted by molar-refractivity contribution is 0.218. The summed E-state index contributed by atoms with van der Waals surface area (Å²) in [4.78, 5) is 16.5. The van der Waals surface area contributed by atoms with Gasteiger partial charge >= 0.3 is 6.03 Å². The van der Waals surface area contributed by atoms with Crippen LogP contribution in [0, 0.1) is 5.82 Å². The van der Waals surface area contributed by atoms with Crippen LogP contribution in [0.5, 0.6) is 0 Å². The second-order valence-corrected chi connectivity index (χ2v) is 3.67. The zero-order valence-corrected chi connectivity index (χ0v) is 8.19. The van der Waals surface area contributed by atoms with Crippen LogP contribution in [-0.2, 0) is 0 Å². The van der Waals surface area contributed by atoms with Crippen LogP contribution in [0.4, 0.5) is 9.18 Å². The van der Waals surface area contributed by atoms with Gasteiger partial charge in [-0.3, -0.25) is 4.98 Å². The summed E-state index contributed by atoms with van der Waals surface area (Å²) in [6.45, 7) is 1.23. The van der Waals surface area contributed by atoms with E-state index >= 15 is 0 Å². The van der Waals surface area contributed by atoms with Gasteiger partial charge in [0.1, 0.15) is 5.82 Å². The van der Waals surface area contributed by atoms with Gasteiger partial charge in [-0.1, -0.05) is 0 Å². The summed E-state index contributed by atoms with van der Waals surface area (Å²) in [6.07, 6.45) is 2.03. The molecule has 1 aliphatic rings. The van der Waals surface area contributed by atoms with E-state index in [0.29, 0.717) is 13.1 Å². The number of hydrogen-bond donors (Lipinski definition) is 1. The molecule has 80 valence electrons. The quantitative estimate of drug-likeness (QED) is 0.752. The van der Waals surface area contributed by atoms with Crippen molar-refractivity contribution in [1.29, 1.82) is 0 Å². The number of carbonyl (C=O) groups excluding carboxylic acids is 1. The molecule has 15 heavy (non-hydrogen) atoms. The van der Waals surface area contributed by atoms with Gasteiger partial charge in [-0.15, -0.1) is 0 Å². The first-order valence-corrected chi connectivity index (χ1v) is 4.82. The Morgan fingerprint density at radius 1 is 1.60 bits per heavy atom. The molecule has 0 aromatic carbocycles. The number of hydrogen-bond acceptors (Lipinski definition) is 2. The summed E-state index contributed by atoms with van der Waals surface area (Å²) in [5.74, 6) is -0.165. The molecule has 0 bridgehead atoms. The number of aromatic nitrogens is 1. The third kappa shape index (κ3) is 2.06. The second kappa shape index (κ2) is 3.84. The summed E-state index contributed by atoms with van der Waals surface area (Å²) in [5, 5.41) is 0. The molecule has 1 atom stereocenters. The lowest BCUT2D eigenvalue weighted by Gasteiger charge is -2.12. The molecule has 1 aliphatic heterocycles. The molecule has 0 aliphatic carbocycles. The Hall–Kier alpha value is -1.65. The summed E-state index contributed by atoms with van der Waals surface area (Å²) >= 11 is 0. The van der Waals surface area contributed by atoms with Crippen LogP contribution in [0.2, 0.25) is 0 Å². The zero-order chi connectivity index (χ0) is 10.8. The lowest BCUT2D eigenvalue weighted by atomic mass is 10.0. The van der Waals surface area contributed by atoms with Gasteiger partial charge in [0.25, 0.3) is 0 Å². The molecule has 2 amide bonds. The van der Waals surface area contributed by atoms with E-state index in [-0.39, 0.29) is 11.7 Å². The van der Waals surface area contributed by atoms with Crippen LogP contribution in [0.1, 0.15) is 18.0 Å². The SMILES string of the molecule is NC(=O)N1CCC(c2ccc(F)cn2)C1. The summed E-state index contributed by atoms with van der Waals surface area (Å²) in [7, 11) is 0. The van der Waals surface area contributed by atoms with Crippen molar-refractivity contribution in [1.82, 2.24) is 9.88 Å². The number of nitrogens with two attached hydrogens (primary N) is 1. The van der Waals surface area contributed by atoms with E-state index in [1.807, 2.05) is 0 Å². The van der Waals surface area contributed by atoms with Crippen molar-refractivity contribution < 1.29 is 9.18 Å². The second-order valence-electron chi connectivity index (χ2n) is 3.67. The highest BCUT2D eigenvalue weighted by atomic mass is 19.1. The van der Waals surface area contributed by atoms with Gasteiger partial charge in [-0.05, 0) is 18.6 Å². The first kappa shape index (κ1) is 9.89. The number of pyridine rings is 1. The molecule has 0 radical (unpaired) electrons. The Morgan fingerprint density at radius 3 is 2.93 bits per heavy atom. The van der Waals surface area contributed by atoms with E-state index in [9.17, 15) is 9.18 Å². The molecular weight excluding hydrogens is 197 g/mol. The van der Waals surface area contributed by atoms with Crippen LogP contribution in [0.15, 0.2) is 18.3 Å². The molecule has 0 spiro atoms. The Balaban J connectivity index is 2.07. The minimum absolute atomic E-state index is 0.179. The Kier molecular flexibility index (Phi) is 2.53. The van der Waals surface area contributed by atoms with Crippen molar-refractivity contribution >= 4 is 6.03 Å². The van der Waals surface area contributed by atoms with Crippen LogP contribution in [0.3, 0.4) is 0 Å². The number of amides is 2. The molecule has 1 aromatic rings. The highest BCUT2D eigenvalue weighted by molar-refractivity contribution is 5.72. The average Bonchev–Trinajstić information content (AvgIpc) is 2.68. The summed E-state index contributed by atoms with van der Waals surface area (Å²) in [6, 6.07) is 2.64. The fourth-order valence-corrected chi connectivity index (χ4v) is 1.83. The van der Waals surface area contributed by atoms with Gasteiger partial charge in [-0.2, -0.15) is 0 Å². The van der Waals surface area contributed by atoms with Gasteiger partial charge in [0.05, 0.1) is 6.20 Å². The number of rotatable bonds is 1. The third-order valence-electron chi connectivity index (χ3n) is 2.67. The maximum atomic E-state index is 12.6. The normalized spacial score (nSPS) is 20.6. The van der Waals surface area contributed by atoms with Crippen molar-refractivity contribution in [3.05, 3.63) is 29.8 Å². The van der Waals surface area contributed by atoms with Crippen molar-refractivity contribution in [3.8, 4) is 0 Å². The van der Waals surface area contributed by atoms with Gasteiger partial charge < -0.3 is 10.6 Å². The first-order valence-electron chi connectivity index (χ1n) is 4.82. The molecule has 4 nitrogen and oxygen atoms in total. The predicted molar refractivity (Wildman–Crippen MR) is 52.7 cm³/mol. The van der Waals surface area contributed by atoms with Crippen LogP contribution in [0.25, 0.3) is 0 Å². The highest BCUT2D eigenvalue weighted by Gasteiger charge is 2.26. The van der Waals surface area contributed by atoms with Crippen LogP contribution >= 0.6 is 0 Å². The third-order valence-corrected chi connectivity index (χ3v) is 2.67. The predicted octanol–water partition coefficient (Wildman–Crippen LogP) is 1.09. The molecule has 1 saturated heterocycles. The van der Waals surface area contributed by atoms with Gasteiger partial charge in [0, 0.05) is 24.7 Å². The van der Waals surface area contributed by atoms with Crippen molar-refractivity contribution in [2.24, 2.45) is 5.73 Å². The Labute approximate surface area is 86.9 Å². The van der Waals surface area contributed by atoms with E-state index in [1.54, 1.807) is 11.0 Å². The topological polar surface area (TPSA) is 59.2 Å². The molecule has 1 unspecified atom stereocenters. The standard InChI is InChI=1S/C10H12FN3O/c11-8-1-2-9(13-5-8)7-3-4-14(6-7)10(12)15/h1-2,5,7H,3-4,6H2,(H2,12,15). The maximum absolute atomic E-state index is 12.6. The monoisotopic (exact) mass is 209 g/mol. The molecule has 2 rings (SSSR count). The van der Waals surface area contributed by atoms with Crippen LogP contribution < -0.4 is 5.73 Å². The first-order chi connectivity index (χ1) is 7.16. The fraction of sp³-hybridized carbons (Fsp3) is 0.400. The minimum Gasteiger partial charge on any atom is -0.351 e. The van der Waals surface area contributed by atoms with Gasteiger partial charge in [0.15, 0.2) is 0 Å². The molecule has 2 N–H and O–H groups in total. The highest BCUT2D eigenvalue weighted by Crippen LogP contribution is 2.25. The molecular formula is C10H12FN3O. The van der Waals surface area contributed by atoms with E-state index in [0.717, 1.165) is 12.1 Å². The molecule has 5 heteroatoms. The number of carbonyl (C=O) groups is 1. The largest absolute Gasteiger partial charge is 0.351 e. The fourth-order valence-electron chi connectivity index (χ4n) is 1.83. The lowest BCUT2D eigenvalue weighted by Crippen LogP contribution is -2.33. The number of nitrogens with zero attached hydrogens (tertiary/aromatic N) is 2. The Morgan fingerprint density at radius 2 is 2.40 bits per heavy atom.